The van der Waals surface area contributed by atoms with E-state index in [0.29, 0.717) is 13.0 Å². The minimum atomic E-state index is -3.29. The Morgan fingerprint density at radius 2 is 2.31 bits per heavy atom. The lowest BCUT2D eigenvalue weighted by Gasteiger charge is -2.18. The summed E-state index contributed by atoms with van der Waals surface area (Å²) in [5.74, 6) is 0.0766. The van der Waals surface area contributed by atoms with Crippen molar-refractivity contribution in [3.05, 3.63) is 0 Å². The molecule has 1 rings (SSSR count). The number of hydrogen-bond acceptors (Lipinski definition) is 4. The van der Waals surface area contributed by atoms with Gasteiger partial charge in [-0.05, 0) is 19.3 Å². The first-order chi connectivity index (χ1) is 7.60. The van der Waals surface area contributed by atoms with Crippen LogP contribution in [0.15, 0.2) is 0 Å². The summed E-state index contributed by atoms with van der Waals surface area (Å²) in [5, 5.41) is 8.53. The topological polar surface area (TPSA) is 70.4 Å². The van der Waals surface area contributed by atoms with E-state index in [9.17, 15) is 8.42 Å². The zero-order valence-corrected chi connectivity index (χ0v) is 10.4. The minimum absolute atomic E-state index is 0.0651. The average molecular weight is 246 g/mol. The fourth-order valence-corrected chi connectivity index (χ4v) is 3.23. The first-order valence-corrected chi connectivity index (χ1v) is 7.17. The molecule has 1 atom stereocenters. The van der Waals surface area contributed by atoms with Crippen molar-refractivity contribution in [2.45, 2.75) is 32.3 Å². The van der Waals surface area contributed by atoms with Crippen LogP contribution in [0.5, 0.6) is 0 Å². The van der Waals surface area contributed by atoms with Gasteiger partial charge in [-0.15, -0.1) is 0 Å². The van der Waals surface area contributed by atoms with E-state index in [4.69, 9.17) is 10.00 Å². The lowest BCUT2D eigenvalue weighted by Crippen LogP contribution is -2.34. The normalized spacial score (nSPS) is 21.2. The molecule has 0 aliphatic carbocycles. The number of nitrogens with zero attached hydrogens (tertiary/aromatic N) is 2. The van der Waals surface area contributed by atoms with Gasteiger partial charge >= 0.3 is 0 Å². The van der Waals surface area contributed by atoms with Crippen LogP contribution < -0.4 is 0 Å². The Hall–Kier alpha value is -0.640. The summed E-state index contributed by atoms with van der Waals surface area (Å²) in [5.41, 5.74) is 0. The molecule has 0 unspecified atom stereocenters. The molecule has 0 amide bonds. The molecular formula is C10H18N2O3S. The van der Waals surface area contributed by atoms with Gasteiger partial charge < -0.3 is 4.74 Å². The summed E-state index contributed by atoms with van der Waals surface area (Å²) in [7, 11) is -3.29. The summed E-state index contributed by atoms with van der Waals surface area (Å²) >= 11 is 0. The molecule has 0 aromatic carbocycles. The first-order valence-electron chi connectivity index (χ1n) is 5.56. The van der Waals surface area contributed by atoms with Gasteiger partial charge in [0.25, 0.3) is 0 Å². The Morgan fingerprint density at radius 3 is 2.81 bits per heavy atom. The van der Waals surface area contributed by atoms with Crippen molar-refractivity contribution in [1.29, 1.82) is 5.26 Å². The minimum Gasteiger partial charge on any atom is -0.378 e. The number of sulfonamides is 1. The summed E-state index contributed by atoms with van der Waals surface area (Å²) in [6.07, 6.45) is 2.57. The molecule has 1 aliphatic heterocycles. The monoisotopic (exact) mass is 246 g/mol. The maximum absolute atomic E-state index is 11.8. The Morgan fingerprint density at radius 1 is 1.56 bits per heavy atom. The molecule has 0 aromatic rings. The standard InChI is InChI=1S/C10H18N2O3S/c1-2-12(7-6-11)16(13,14)9-5-10-4-3-8-15-10/h10H,2-5,7-9H2,1H3/t10-/m1/s1. The second kappa shape index (κ2) is 6.18. The van der Waals surface area contributed by atoms with Gasteiger partial charge in [0.1, 0.15) is 6.54 Å². The van der Waals surface area contributed by atoms with Crippen LogP contribution in [0, 0.1) is 11.3 Å². The van der Waals surface area contributed by atoms with E-state index < -0.39 is 10.0 Å². The molecule has 1 fully saturated rings. The smallest absolute Gasteiger partial charge is 0.215 e. The van der Waals surface area contributed by atoms with Gasteiger partial charge in [0.2, 0.25) is 10.0 Å². The van der Waals surface area contributed by atoms with E-state index in [1.54, 1.807) is 6.92 Å². The molecule has 16 heavy (non-hydrogen) atoms. The molecule has 0 saturated carbocycles. The first kappa shape index (κ1) is 13.4. The van der Waals surface area contributed by atoms with Crippen LogP contribution >= 0.6 is 0 Å². The van der Waals surface area contributed by atoms with Crippen LogP contribution in [0.2, 0.25) is 0 Å². The van der Waals surface area contributed by atoms with Crippen molar-refractivity contribution < 1.29 is 13.2 Å². The molecule has 1 aliphatic rings. The van der Waals surface area contributed by atoms with E-state index >= 15 is 0 Å². The Balaban J connectivity index is 2.46. The number of nitriles is 1. The largest absolute Gasteiger partial charge is 0.378 e. The second-order valence-electron chi connectivity index (χ2n) is 3.82. The predicted molar refractivity (Wildman–Crippen MR) is 60.2 cm³/mol. The van der Waals surface area contributed by atoms with Gasteiger partial charge in [-0.25, -0.2) is 8.42 Å². The zero-order chi connectivity index (χ0) is 12.0. The molecule has 0 bridgehead atoms. The van der Waals surface area contributed by atoms with Crippen molar-refractivity contribution in [2.75, 3.05) is 25.4 Å². The van der Waals surface area contributed by atoms with Crippen LogP contribution in [0.1, 0.15) is 26.2 Å². The fraction of sp³-hybridized carbons (Fsp3) is 0.900. The van der Waals surface area contributed by atoms with Gasteiger partial charge in [0.15, 0.2) is 0 Å². The number of hydrogen-bond donors (Lipinski definition) is 0. The Kier molecular flexibility index (Phi) is 5.19. The molecule has 0 aromatic heterocycles. The van der Waals surface area contributed by atoms with Gasteiger partial charge in [-0.1, -0.05) is 6.92 Å². The summed E-state index contributed by atoms with van der Waals surface area (Å²) in [4.78, 5) is 0. The quantitative estimate of drug-likeness (QED) is 0.648. The lowest BCUT2D eigenvalue weighted by atomic mass is 10.2. The van der Waals surface area contributed by atoms with Gasteiger partial charge in [-0.3, -0.25) is 0 Å². The van der Waals surface area contributed by atoms with E-state index in [2.05, 4.69) is 0 Å². The molecule has 1 saturated heterocycles. The molecule has 0 N–H and O–H groups in total. The van der Waals surface area contributed by atoms with E-state index in [1.165, 1.54) is 4.31 Å². The Bertz CT molecular complexity index is 342. The van der Waals surface area contributed by atoms with Crippen molar-refractivity contribution in [3.63, 3.8) is 0 Å². The highest BCUT2D eigenvalue weighted by Gasteiger charge is 2.23. The summed E-state index contributed by atoms with van der Waals surface area (Å²) in [6, 6.07) is 1.87. The maximum atomic E-state index is 11.8. The molecule has 0 spiro atoms. The highest BCUT2D eigenvalue weighted by Crippen LogP contribution is 2.16. The lowest BCUT2D eigenvalue weighted by molar-refractivity contribution is 0.108. The van der Waals surface area contributed by atoms with Gasteiger partial charge in [0, 0.05) is 13.2 Å². The van der Waals surface area contributed by atoms with Crippen LogP contribution in [0.3, 0.4) is 0 Å². The van der Waals surface area contributed by atoms with Crippen molar-refractivity contribution in [2.24, 2.45) is 0 Å². The third-order valence-corrected chi connectivity index (χ3v) is 4.64. The van der Waals surface area contributed by atoms with E-state index in [1.807, 2.05) is 6.07 Å². The van der Waals surface area contributed by atoms with Gasteiger partial charge in [0.05, 0.1) is 17.9 Å². The van der Waals surface area contributed by atoms with Crippen LogP contribution in [-0.4, -0.2) is 44.3 Å². The van der Waals surface area contributed by atoms with Crippen LogP contribution in [-0.2, 0) is 14.8 Å². The fourth-order valence-electron chi connectivity index (χ4n) is 1.77. The molecule has 1 heterocycles. The van der Waals surface area contributed by atoms with Gasteiger partial charge in [-0.2, -0.15) is 9.57 Å². The molecule has 5 nitrogen and oxygen atoms in total. The van der Waals surface area contributed by atoms with Crippen molar-refractivity contribution in [3.8, 4) is 6.07 Å². The molecule has 6 heteroatoms. The van der Waals surface area contributed by atoms with E-state index in [-0.39, 0.29) is 18.4 Å². The third-order valence-electron chi connectivity index (χ3n) is 2.71. The number of rotatable bonds is 6. The van der Waals surface area contributed by atoms with Crippen molar-refractivity contribution >= 4 is 10.0 Å². The number of ether oxygens (including phenoxy) is 1. The summed E-state index contributed by atoms with van der Waals surface area (Å²) < 4.78 is 30.2. The van der Waals surface area contributed by atoms with E-state index in [0.717, 1.165) is 19.4 Å². The van der Waals surface area contributed by atoms with Crippen LogP contribution in [0.25, 0.3) is 0 Å². The molecule has 0 radical (unpaired) electrons. The molecular weight excluding hydrogens is 228 g/mol. The third kappa shape index (κ3) is 3.74. The Labute approximate surface area is 97.0 Å². The summed E-state index contributed by atoms with van der Waals surface area (Å²) in [6.45, 7) is 2.76. The van der Waals surface area contributed by atoms with Crippen molar-refractivity contribution in [1.82, 2.24) is 4.31 Å². The zero-order valence-electron chi connectivity index (χ0n) is 9.55. The second-order valence-corrected chi connectivity index (χ2v) is 5.91. The van der Waals surface area contributed by atoms with Crippen LogP contribution in [0.4, 0.5) is 0 Å². The predicted octanol–water partition coefficient (Wildman–Crippen LogP) is 0.731. The highest BCUT2D eigenvalue weighted by atomic mass is 32.2. The maximum Gasteiger partial charge on any atom is 0.215 e. The highest BCUT2D eigenvalue weighted by molar-refractivity contribution is 7.89. The SMILES string of the molecule is CCN(CC#N)S(=O)(=O)CC[C@H]1CCCO1. The average Bonchev–Trinajstić information content (AvgIpc) is 2.75. The molecule has 92 valence electrons.